The van der Waals surface area contributed by atoms with Crippen molar-refractivity contribution < 1.29 is 9.84 Å². The molecule has 0 amide bonds. The van der Waals surface area contributed by atoms with Gasteiger partial charge < -0.3 is 15.6 Å². The van der Waals surface area contributed by atoms with Crippen molar-refractivity contribution in [3.63, 3.8) is 0 Å². The fourth-order valence-electron chi connectivity index (χ4n) is 1.31. The van der Waals surface area contributed by atoms with E-state index in [-0.39, 0.29) is 12.2 Å². The fourth-order valence-corrected chi connectivity index (χ4v) is 1.31. The largest absolute Gasteiger partial charge is 0.398 e. The summed E-state index contributed by atoms with van der Waals surface area (Å²) >= 11 is 0. The van der Waals surface area contributed by atoms with E-state index in [1.807, 2.05) is 32.0 Å². The lowest BCUT2D eigenvalue weighted by Crippen LogP contribution is -2.26. The van der Waals surface area contributed by atoms with Crippen LogP contribution in [0.15, 0.2) is 24.3 Å². The van der Waals surface area contributed by atoms with Crippen molar-refractivity contribution in [2.75, 3.05) is 12.3 Å². The highest BCUT2D eigenvalue weighted by Crippen LogP contribution is 2.22. The first kappa shape index (κ1) is 13.0. The molecule has 0 heterocycles. The zero-order valence-electron chi connectivity index (χ0n) is 10.2. The maximum absolute atomic E-state index is 9.96. The topological polar surface area (TPSA) is 55.5 Å². The second kappa shape index (κ2) is 5.32. The molecule has 1 unspecified atom stereocenters. The number of aliphatic hydroxyl groups is 1. The van der Waals surface area contributed by atoms with E-state index in [9.17, 15) is 5.11 Å². The number of nitrogen functional groups attached to an aromatic ring is 1. The van der Waals surface area contributed by atoms with Gasteiger partial charge in [0.1, 0.15) is 6.10 Å². The first-order valence-corrected chi connectivity index (χ1v) is 5.62. The van der Waals surface area contributed by atoms with Gasteiger partial charge in [0.15, 0.2) is 0 Å². The first-order chi connectivity index (χ1) is 7.46. The van der Waals surface area contributed by atoms with Crippen LogP contribution in [-0.2, 0) is 4.74 Å². The van der Waals surface area contributed by atoms with Gasteiger partial charge in [-0.3, -0.25) is 0 Å². The lowest BCUT2D eigenvalue weighted by atomic mass is 10.1. The molecule has 0 radical (unpaired) electrons. The van der Waals surface area contributed by atoms with Crippen LogP contribution in [0.3, 0.4) is 0 Å². The molecule has 1 aromatic rings. The third kappa shape index (κ3) is 3.51. The predicted molar refractivity (Wildman–Crippen MR) is 66.1 cm³/mol. The second-order valence-corrected chi connectivity index (χ2v) is 4.57. The molecule has 0 fully saturated rings. The Balaban J connectivity index is 2.60. The number of rotatable bonds is 5. The molecule has 90 valence electrons. The summed E-state index contributed by atoms with van der Waals surface area (Å²) in [6, 6.07) is 7.31. The third-order valence-corrected chi connectivity index (χ3v) is 2.84. The van der Waals surface area contributed by atoms with E-state index in [2.05, 4.69) is 6.92 Å². The fraction of sp³-hybridized carbons (Fsp3) is 0.538. The lowest BCUT2D eigenvalue weighted by molar-refractivity contribution is -0.0616. The molecule has 0 saturated heterocycles. The van der Waals surface area contributed by atoms with Crippen molar-refractivity contribution in [3.05, 3.63) is 29.8 Å². The zero-order valence-corrected chi connectivity index (χ0v) is 10.2. The van der Waals surface area contributed by atoms with Crippen LogP contribution >= 0.6 is 0 Å². The number of hydrogen-bond donors (Lipinski definition) is 2. The minimum absolute atomic E-state index is 0.204. The molecule has 0 bridgehead atoms. The third-order valence-electron chi connectivity index (χ3n) is 2.84. The molecular weight excluding hydrogens is 202 g/mol. The summed E-state index contributed by atoms with van der Waals surface area (Å²) in [5, 5.41) is 9.96. The standard InChI is InChI=1S/C13H21NO2/c1-4-13(2,3)16-9-12(15)10-7-5-6-8-11(10)14/h5-8,12,15H,4,9,14H2,1-3H3. The highest BCUT2D eigenvalue weighted by Gasteiger charge is 2.19. The van der Waals surface area contributed by atoms with Gasteiger partial charge in [-0.1, -0.05) is 25.1 Å². The van der Waals surface area contributed by atoms with E-state index in [1.165, 1.54) is 0 Å². The van der Waals surface area contributed by atoms with Crippen LogP contribution in [0.5, 0.6) is 0 Å². The number of aliphatic hydroxyl groups excluding tert-OH is 1. The van der Waals surface area contributed by atoms with E-state index in [4.69, 9.17) is 10.5 Å². The van der Waals surface area contributed by atoms with Gasteiger partial charge in [-0.05, 0) is 26.3 Å². The number of ether oxygens (including phenoxy) is 1. The molecule has 3 nitrogen and oxygen atoms in total. The first-order valence-electron chi connectivity index (χ1n) is 5.62. The Hall–Kier alpha value is -1.06. The molecule has 0 saturated carbocycles. The summed E-state index contributed by atoms with van der Waals surface area (Å²) in [4.78, 5) is 0. The highest BCUT2D eigenvalue weighted by molar-refractivity contribution is 5.47. The summed E-state index contributed by atoms with van der Waals surface area (Å²) in [7, 11) is 0. The Morgan fingerprint density at radius 3 is 2.56 bits per heavy atom. The minimum atomic E-state index is -0.660. The van der Waals surface area contributed by atoms with E-state index >= 15 is 0 Å². The average Bonchev–Trinajstić information content (AvgIpc) is 2.27. The molecule has 0 spiro atoms. The van der Waals surface area contributed by atoms with E-state index < -0.39 is 6.10 Å². The van der Waals surface area contributed by atoms with Crippen LogP contribution in [0.2, 0.25) is 0 Å². The summed E-state index contributed by atoms with van der Waals surface area (Å²) in [6.45, 7) is 6.35. The van der Waals surface area contributed by atoms with Crippen LogP contribution in [-0.4, -0.2) is 17.3 Å². The van der Waals surface area contributed by atoms with Crippen LogP contribution in [0, 0.1) is 0 Å². The Morgan fingerprint density at radius 2 is 2.00 bits per heavy atom. The molecule has 1 aromatic carbocycles. The van der Waals surface area contributed by atoms with Gasteiger partial charge in [0.25, 0.3) is 0 Å². The Morgan fingerprint density at radius 1 is 1.38 bits per heavy atom. The van der Waals surface area contributed by atoms with Gasteiger partial charge in [-0.2, -0.15) is 0 Å². The Kier molecular flexibility index (Phi) is 4.33. The number of benzene rings is 1. The number of hydrogen-bond acceptors (Lipinski definition) is 3. The van der Waals surface area contributed by atoms with Crippen LogP contribution < -0.4 is 5.73 Å². The highest BCUT2D eigenvalue weighted by atomic mass is 16.5. The smallest absolute Gasteiger partial charge is 0.104 e. The summed E-state index contributed by atoms with van der Waals surface area (Å²) in [5.41, 5.74) is 6.91. The maximum atomic E-state index is 9.96. The van der Waals surface area contributed by atoms with Crippen LogP contribution in [0.4, 0.5) is 5.69 Å². The number of para-hydroxylation sites is 1. The van der Waals surface area contributed by atoms with E-state index in [1.54, 1.807) is 6.07 Å². The SMILES string of the molecule is CCC(C)(C)OCC(O)c1ccccc1N. The molecule has 3 heteroatoms. The Bertz CT molecular complexity index is 336. The monoisotopic (exact) mass is 223 g/mol. The maximum Gasteiger partial charge on any atom is 0.104 e. The van der Waals surface area contributed by atoms with Gasteiger partial charge in [-0.15, -0.1) is 0 Å². The molecule has 3 N–H and O–H groups in total. The van der Waals surface area contributed by atoms with Crippen LogP contribution in [0.1, 0.15) is 38.9 Å². The van der Waals surface area contributed by atoms with Crippen molar-refractivity contribution in [1.82, 2.24) is 0 Å². The van der Waals surface area contributed by atoms with Crippen LogP contribution in [0.25, 0.3) is 0 Å². The molecule has 0 aromatic heterocycles. The van der Waals surface area contributed by atoms with E-state index in [0.717, 1.165) is 12.0 Å². The normalized spacial score (nSPS) is 13.8. The minimum Gasteiger partial charge on any atom is -0.398 e. The van der Waals surface area contributed by atoms with Gasteiger partial charge in [0.05, 0.1) is 12.2 Å². The molecule has 16 heavy (non-hydrogen) atoms. The number of nitrogens with two attached hydrogens (primary N) is 1. The number of anilines is 1. The summed E-state index contributed by atoms with van der Waals surface area (Å²) in [6.07, 6.45) is 0.247. The second-order valence-electron chi connectivity index (χ2n) is 4.57. The van der Waals surface area contributed by atoms with Crippen molar-refractivity contribution >= 4 is 5.69 Å². The zero-order chi connectivity index (χ0) is 12.2. The van der Waals surface area contributed by atoms with Gasteiger partial charge in [0, 0.05) is 11.3 Å². The van der Waals surface area contributed by atoms with Crippen molar-refractivity contribution in [2.24, 2.45) is 0 Å². The predicted octanol–water partition coefficient (Wildman–Crippen LogP) is 2.51. The van der Waals surface area contributed by atoms with Gasteiger partial charge in [-0.25, -0.2) is 0 Å². The molecular formula is C13H21NO2. The molecule has 1 atom stereocenters. The van der Waals surface area contributed by atoms with Gasteiger partial charge in [0.2, 0.25) is 0 Å². The molecule has 0 aliphatic rings. The molecule has 0 aliphatic carbocycles. The molecule has 0 aliphatic heterocycles. The van der Waals surface area contributed by atoms with E-state index in [0.29, 0.717) is 5.69 Å². The lowest BCUT2D eigenvalue weighted by Gasteiger charge is -2.25. The van der Waals surface area contributed by atoms with Crippen molar-refractivity contribution in [2.45, 2.75) is 38.9 Å². The molecule has 1 rings (SSSR count). The quantitative estimate of drug-likeness (QED) is 0.754. The Labute approximate surface area is 97.2 Å². The van der Waals surface area contributed by atoms with Crippen molar-refractivity contribution in [1.29, 1.82) is 0 Å². The van der Waals surface area contributed by atoms with Crippen molar-refractivity contribution in [3.8, 4) is 0 Å². The summed E-state index contributed by atoms with van der Waals surface area (Å²) in [5.74, 6) is 0. The summed E-state index contributed by atoms with van der Waals surface area (Å²) < 4.78 is 5.64. The van der Waals surface area contributed by atoms with Gasteiger partial charge >= 0.3 is 0 Å². The average molecular weight is 223 g/mol.